The Morgan fingerprint density at radius 2 is 1.78 bits per heavy atom. The summed E-state index contributed by atoms with van der Waals surface area (Å²) in [6, 6.07) is 2.76. The van der Waals surface area contributed by atoms with E-state index in [0.29, 0.717) is 14.8 Å². The number of aliphatic carboxylic acids is 1. The molecule has 3 fully saturated rings. The minimum Gasteiger partial charge on any atom is -0.480 e. The van der Waals surface area contributed by atoms with Crippen molar-refractivity contribution in [2.24, 2.45) is 0 Å². The average Bonchev–Trinajstić information content (AvgIpc) is 3.31. The molecule has 4 rings (SSSR count). The molecular formula is C21H25N5O8S2. The predicted molar refractivity (Wildman–Crippen MR) is 127 cm³/mol. The Morgan fingerprint density at radius 3 is 2.33 bits per heavy atom. The van der Waals surface area contributed by atoms with Crippen LogP contribution in [0.4, 0.5) is 9.59 Å². The van der Waals surface area contributed by atoms with E-state index in [4.69, 9.17) is 0 Å². The van der Waals surface area contributed by atoms with E-state index in [0.717, 1.165) is 6.26 Å². The number of carbonyl (C=O) groups excluding carboxylic acids is 4. The summed E-state index contributed by atoms with van der Waals surface area (Å²) in [4.78, 5) is 65.0. The van der Waals surface area contributed by atoms with Crippen molar-refractivity contribution in [3.63, 3.8) is 0 Å². The number of carboxylic acid groups (broad SMARTS) is 1. The number of sulfonamides is 1. The summed E-state index contributed by atoms with van der Waals surface area (Å²) in [5, 5.41) is 14.0. The number of benzene rings is 1. The molecule has 3 N–H and O–H groups in total. The number of fused-ring (bicyclic) bond motifs is 1. The van der Waals surface area contributed by atoms with Crippen molar-refractivity contribution in [2.45, 2.75) is 42.1 Å². The van der Waals surface area contributed by atoms with E-state index in [1.165, 1.54) is 16.7 Å². The summed E-state index contributed by atoms with van der Waals surface area (Å²) < 4.78 is 23.3. The summed E-state index contributed by atoms with van der Waals surface area (Å²) >= 11 is 1.26. The second-order valence-corrected chi connectivity index (χ2v) is 12.8. The lowest BCUT2D eigenvalue weighted by Crippen LogP contribution is -2.71. The normalized spacial score (nSPS) is 25.8. The molecule has 1 aromatic rings. The maximum atomic E-state index is 13.3. The van der Waals surface area contributed by atoms with Crippen LogP contribution in [0.5, 0.6) is 0 Å². The molecule has 1 aromatic carbocycles. The van der Waals surface area contributed by atoms with Crippen LogP contribution in [0.1, 0.15) is 25.5 Å². The van der Waals surface area contributed by atoms with Gasteiger partial charge in [-0.25, -0.2) is 32.0 Å². The molecule has 0 spiro atoms. The molecule has 3 aliphatic heterocycles. The third-order valence-corrected chi connectivity index (χ3v) is 8.96. The van der Waals surface area contributed by atoms with Crippen molar-refractivity contribution in [2.75, 3.05) is 19.3 Å². The van der Waals surface area contributed by atoms with Crippen molar-refractivity contribution in [3.8, 4) is 0 Å². The highest BCUT2D eigenvalue weighted by Gasteiger charge is 2.64. The number of β-lactam (4-membered cyclic amide) rings is 1. The van der Waals surface area contributed by atoms with Gasteiger partial charge in [-0.2, -0.15) is 0 Å². The zero-order valence-electron chi connectivity index (χ0n) is 19.6. The van der Waals surface area contributed by atoms with Gasteiger partial charge in [-0.3, -0.25) is 9.59 Å². The van der Waals surface area contributed by atoms with Gasteiger partial charge >= 0.3 is 18.0 Å². The Kier molecular flexibility index (Phi) is 6.41. The van der Waals surface area contributed by atoms with Crippen LogP contribution < -0.4 is 10.6 Å². The van der Waals surface area contributed by atoms with E-state index >= 15 is 0 Å². The summed E-state index contributed by atoms with van der Waals surface area (Å²) in [5.74, 6) is -2.42. The van der Waals surface area contributed by atoms with Gasteiger partial charge in [0.25, 0.3) is 0 Å². The lowest BCUT2D eigenvalue weighted by Gasteiger charge is -2.44. The standard InChI is InChI=1S/C21H25N5O8S2/c1-21(2)14(18(29)30)26-16(28)13(17(26)35-21)22-15(27)12(11-7-5-4-6-8-11)23-19(31)24-9-10-25(20(24)32)36(3,33)34/h4-8,12-14,17H,9-10H2,1-3H3,(H,22,27)(H,23,31)(H,29,30)/t12?,13-,14+,17?/m1/s1. The van der Waals surface area contributed by atoms with Crippen LogP contribution in [-0.2, 0) is 24.4 Å². The smallest absolute Gasteiger partial charge is 0.341 e. The summed E-state index contributed by atoms with van der Waals surface area (Å²) in [5.41, 5.74) is 0.362. The lowest BCUT2D eigenvalue weighted by molar-refractivity contribution is -0.161. The zero-order chi connectivity index (χ0) is 26.6. The second-order valence-electron chi connectivity index (χ2n) is 9.15. The molecule has 3 saturated heterocycles. The predicted octanol–water partition coefficient (Wildman–Crippen LogP) is -0.234. The van der Waals surface area contributed by atoms with Crippen LogP contribution in [0.3, 0.4) is 0 Å². The summed E-state index contributed by atoms with van der Waals surface area (Å²) in [7, 11) is -3.87. The van der Waals surface area contributed by atoms with Crippen LogP contribution in [0.2, 0.25) is 0 Å². The Bertz CT molecular complexity index is 1240. The monoisotopic (exact) mass is 539 g/mol. The first-order valence-electron chi connectivity index (χ1n) is 10.9. The molecule has 36 heavy (non-hydrogen) atoms. The van der Waals surface area contributed by atoms with E-state index < -0.39 is 68.1 Å². The maximum Gasteiger partial charge on any atom is 0.341 e. The summed E-state index contributed by atoms with van der Waals surface area (Å²) in [6.45, 7) is 3.02. The maximum absolute atomic E-state index is 13.3. The van der Waals surface area contributed by atoms with Crippen molar-refractivity contribution in [1.29, 1.82) is 0 Å². The number of carbonyl (C=O) groups is 5. The van der Waals surface area contributed by atoms with Gasteiger partial charge in [-0.1, -0.05) is 30.3 Å². The minimum absolute atomic E-state index is 0.193. The van der Waals surface area contributed by atoms with Crippen LogP contribution >= 0.6 is 11.8 Å². The van der Waals surface area contributed by atoms with Gasteiger partial charge in [0.15, 0.2) is 0 Å². The number of amides is 6. The topological polar surface area (TPSA) is 173 Å². The molecule has 6 amide bonds. The molecule has 3 heterocycles. The molecule has 4 atom stereocenters. The van der Waals surface area contributed by atoms with Gasteiger partial charge in [0, 0.05) is 4.75 Å². The highest BCUT2D eigenvalue weighted by Crippen LogP contribution is 2.50. The number of rotatable bonds is 6. The molecule has 0 aromatic heterocycles. The van der Waals surface area contributed by atoms with Gasteiger partial charge in [-0.15, -0.1) is 11.8 Å². The van der Waals surface area contributed by atoms with Crippen LogP contribution in [0, 0.1) is 0 Å². The molecule has 0 bridgehead atoms. The Balaban J connectivity index is 1.51. The Hall–Kier alpha value is -3.33. The number of thioether (sulfide) groups is 1. The fourth-order valence-corrected chi connectivity index (χ4v) is 6.96. The number of nitrogens with zero attached hydrogens (tertiary/aromatic N) is 3. The van der Waals surface area contributed by atoms with Gasteiger partial charge in [0.1, 0.15) is 23.5 Å². The zero-order valence-corrected chi connectivity index (χ0v) is 21.2. The van der Waals surface area contributed by atoms with Crippen molar-refractivity contribution in [3.05, 3.63) is 35.9 Å². The van der Waals surface area contributed by atoms with E-state index in [9.17, 15) is 37.5 Å². The minimum atomic E-state index is -3.87. The molecule has 13 nitrogen and oxygen atoms in total. The van der Waals surface area contributed by atoms with E-state index in [1.807, 2.05) is 0 Å². The number of nitrogens with one attached hydrogen (secondary N) is 2. The highest BCUT2D eigenvalue weighted by atomic mass is 32.2. The molecule has 0 aliphatic carbocycles. The van der Waals surface area contributed by atoms with Crippen LogP contribution in [0.25, 0.3) is 0 Å². The number of urea groups is 2. The third kappa shape index (κ3) is 4.36. The van der Waals surface area contributed by atoms with Gasteiger partial charge in [0.2, 0.25) is 21.8 Å². The van der Waals surface area contributed by atoms with Crippen molar-refractivity contribution in [1.82, 2.24) is 24.7 Å². The van der Waals surface area contributed by atoms with Gasteiger partial charge < -0.3 is 20.6 Å². The molecule has 3 aliphatic rings. The molecule has 0 saturated carbocycles. The number of imide groups is 1. The SMILES string of the molecule is CC1(C)SC2[C@H](NC(=O)C(NC(=O)N3CCN(S(C)(=O)=O)C3=O)c3ccccc3)C(=O)N2[C@H]1C(=O)O. The highest BCUT2D eigenvalue weighted by molar-refractivity contribution is 8.01. The average molecular weight is 540 g/mol. The van der Waals surface area contributed by atoms with Crippen molar-refractivity contribution >= 4 is 51.6 Å². The van der Waals surface area contributed by atoms with Gasteiger partial charge in [-0.05, 0) is 19.4 Å². The quantitative estimate of drug-likeness (QED) is 0.413. The fraction of sp³-hybridized carbons (Fsp3) is 0.476. The number of hydrogen-bond donors (Lipinski definition) is 3. The number of carboxylic acids is 1. The summed E-state index contributed by atoms with van der Waals surface area (Å²) in [6.07, 6.45) is 0.850. The van der Waals surface area contributed by atoms with Crippen molar-refractivity contribution < 1.29 is 37.5 Å². The third-order valence-electron chi connectivity index (χ3n) is 6.25. The van der Waals surface area contributed by atoms with E-state index in [1.54, 1.807) is 44.2 Å². The molecule has 15 heteroatoms. The van der Waals surface area contributed by atoms with Crippen LogP contribution in [-0.4, -0.2) is 99.0 Å². The molecule has 194 valence electrons. The van der Waals surface area contributed by atoms with Crippen LogP contribution in [0.15, 0.2) is 30.3 Å². The fourth-order valence-electron chi connectivity index (χ4n) is 4.54. The number of hydrogen-bond acceptors (Lipinski definition) is 8. The van der Waals surface area contributed by atoms with Gasteiger partial charge in [0.05, 0.1) is 19.3 Å². The van der Waals surface area contributed by atoms with E-state index in [2.05, 4.69) is 10.6 Å². The first kappa shape index (κ1) is 25.8. The largest absolute Gasteiger partial charge is 0.480 e. The lowest BCUT2D eigenvalue weighted by atomic mass is 9.95. The van der Waals surface area contributed by atoms with E-state index in [-0.39, 0.29) is 13.1 Å². The first-order chi connectivity index (χ1) is 16.7. The molecule has 0 radical (unpaired) electrons. The molecular weight excluding hydrogens is 514 g/mol. The second kappa shape index (κ2) is 8.96. The first-order valence-corrected chi connectivity index (χ1v) is 13.6. The Labute approximate surface area is 211 Å². The Morgan fingerprint density at radius 1 is 1.14 bits per heavy atom. The molecule has 2 unspecified atom stereocenters.